The molecule has 0 spiro atoms. The number of rotatable bonds is 5. The summed E-state index contributed by atoms with van der Waals surface area (Å²) in [5, 5.41) is 9.68. The molecule has 0 saturated heterocycles. The van der Waals surface area contributed by atoms with Crippen LogP contribution in [0.15, 0.2) is 0 Å². The van der Waals surface area contributed by atoms with Gasteiger partial charge in [-0.05, 0) is 6.42 Å². The van der Waals surface area contributed by atoms with Crippen molar-refractivity contribution < 1.29 is 5.11 Å². The van der Waals surface area contributed by atoms with Crippen molar-refractivity contribution >= 4 is 11.6 Å². The van der Waals surface area contributed by atoms with Gasteiger partial charge in [0, 0.05) is 6.42 Å². The first-order valence-corrected chi connectivity index (χ1v) is 4.44. The zero-order valence-electron chi connectivity index (χ0n) is 6.94. The van der Waals surface area contributed by atoms with Gasteiger partial charge < -0.3 is 5.11 Å². The molecule has 0 saturated carbocycles. The summed E-state index contributed by atoms with van der Waals surface area (Å²) in [5.74, 6) is 2.67. The van der Waals surface area contributed by atoms with E-state index in [0.717, 1.165) is 12.8 Å². The van der Waals surface area contributed by atoms with Gasteiger partial charge in [0.1, 0.15) is 0 Å². The van der Waals surface area contributed by atoms with E-state index in [9.17, 15) is 5.11 Å². The standard InChI is InChI=1S/C9H15ClO/c1-3-5-7-9(11,8-10)6-4-2/h2,11H,3,5-8H2,1H3. The third-order valence-corrected chi connectivity index (χ3v) is 2.17. The Morgan fingerprint density at radius 3 is 2.64 bits per heavy atom. The van der Waals surface area contributed by atoms with Crippen LogP contribution in [0, 0.1) is 12.3 Å². The lowest BCUT2D eigenvalue weighted by molar-refractivity contribution is 0.0575. The highest BCUT2D eigenvalue weighted by Gasteiger charge is 2.23. The van der Waals surface area contributed by atoms with Crippen molar-refractivity contribution in [3.8, 4) is 12.3 Å². The van der Waals surface area contributed by atoms with Crippen LogP contribution in [0.1, 0.15) is 32.6 Å². The van der Waals surface area contributed by atoms with Gasteiger partial charge in [-0.2, -0.15) is 0 Å². The van der Waals surface area contributed by atoms with Crippen LogP contribution in [-0.4, -0.2) is 16.6 Å². The SMILES string of the molecule is C#CCC(O)(CCl)CCCC. The maximum Gasteiger partial charge on any atom is 0.0890 e. The number of alkyl halides is 1. The van der Waals surface area contributed by atoms with E-state index >= 15 is 0 Å². The molecule has 2 heteroatoms. The first-order chi connectivity index (χ1) is 5.18. The fourth-order valence-electron chi connectivity index (χ4n) is 0.898. The predicted octanol–water partition coefficient (Wildman–Crippen LogP) is 2.17. The monoisotopic (exact) mass is 174 g/mol. The van der Waals surface area contributed by atoms with Gasteiger partial charge in [-0.15, -0.1) is 23.9 Å². The van der Waals surface area contributed by atoms with Gasteiger partial charge >= 0.3 is 0 Å². The van der Waals surface area contributed by atoms with Gasteiger partial charge in [0.05, 0.1) is 11.5 Å². The van der Waals surface area contributed by atoms with E-state index in [1.807, 2.05) is 0 Å². The van der Waals surface area contributed by atoms with Gasteiger partial charge in [0.25, 0.3) is 0 Å². The van der Waals surface area contributed by atoms with Crippen molar-refractivity contribution in [2.24, 2.45) is 0 Å². The van der Waals surface area contributed by atoms with Crippen molar-refractivity contribution in [1.82, 2.24) is 0 Å². The van der Waals surface area contributed by atoms with Crippen LogP contribution in [0.25, 0.3) is 0 Å². The number of hydrogen-bond donors (Lipinski definition) is 1. The fraction of sp³-hybridized carbons (Fsp3) is 0.778. The maximum absolute atomic E-state index is 9.68. The summed E-state index contributed by atoms with van der Waals surface area (Å²) in [6, 6.07) is 0. The number of unbranched alkanes of at least 4 members (excludes halogenated alkanes) is 1. The molecular weight excluding hydrogens is 160 g/mol. The van der Waals surface area contributed by atoms with Crippen LogP contribution >= 0.6 is 11.6 Å². The average Bonchev–Trinajstić information content (AvgIpc) is 2.02. The zero-order valence-corrected chi connectivity index (χ0v) is 7.69. The third-order valence-electron chi connectivity index (χ3n) is 1.68. The smallest absolute Gasteiger partial charge is 0.0890 e. The normalized spacial score (nSPS) is 15.5. The molecule has 0 bridgehead atoms. The molecule has 0 amide bonds. The van der Waals surface area contributed by atoms with Crippen molar-refractivity contribution in [2.45, 2.75) is 38.2 Å². The number of hydrogen-bond acceptors (Lipinski definition) is 1. The Balaban J connectivity index is 3.80. The van der Waals surface area contributed by atoms with E-state index in [0.29, 0.717) is 12.8 Å². The lowest BCUT2D eigenvalue weighted by Crippen LogP contribution is -2.30. The number of terminal acetylenes is 1. The summed E-state index contributed by atoms with van der Waals surface area (Å²) in [7, 11) is 0. The van der Waals surface area contributed by atoms with Gasteiger partial charge in [0.15, 0.2) is 0 Å². The quantitative estimate of drug-likeness (QED) is 0.501. The molecule has 11 heavy (non-hydrogen) atoms. The topological polar surface area (TPSA) is 20.2 Å². The Morgan fingerprint density at radius 1 is 1.64 bits per heavy atom. The minimum Gasteiger partial charge on any atom is -0.388 e. The molecular formula is C9H15ClO. The largest absolute Gasteiger partial charge is 0.388 e. The first kappa shape index (κ1) is 10.8. The van der Waals surface area contributed by atoms with E-state index in [4.69, 9.17) is 18.0 Å². The van der Waals surface area contributed by atoms with E-state index in [1.165, 1.54) is 0 Å². The van der Waals surface area contributed by atoms with Crippen LogP contribution < -0.4 is 0 Å². The van der Waals surface area contributed by atoms with Crippen molar-refractivity contribution in [1.29, 1.82) is 0 Å². The summed E-state index contributed by atoms with van der Waals surface area (Å²) in [4.78, 5) is 0. The summed E-state index contributed by atoms with van der Waals surface area (Å²) >= 11 is 5.58. The van der Waals surface area contributed by atoms with Crippen molar-refractivity contribution in [3.05, 3.63) is 0 Å². The minimum absolute atomic E-state index is 0.233. The van der Waals surface area contributed by atoms with Crippen LogP contribution in [0.3, 0.4) is 0 Å². The second-order valence-corrected chi connectivity index (χ2v) is 3.11. The van der Waals surface area contributed by atoms with Gasteiger partial charge in [0.2, 0.25) is 0 Å². The Bertz CT molecular complexity index is 139. The molecule has 1 atom stereocenters. The maximum atomic E-state index is 9.68. The van der Waals surface area contributed by atoms with Crippen LogP contribution in [0.5, 0.6) is 0 Å². The molecule has 1 N–H and O–H groups in total. The highest BCUT2D eigenvalue weighted by Crippen LogP contribution is 2.19. The van der Waals surface area contributed by atoms with Gasteiger partial charge in [-0.3, -0.25) is 0 Å². The molecule has 0 aliphatic carbocycles. The molecule has 0 fully saturated rings. The van der Waals surface area contributed by atoms with Crippen LogP contribution in [0.2, 0.25) is 0 Å². The van der Waals surface area contributed by atoms with Gasteiger partial charge in [-0.1, -0.05) is 19.8 Å². The summed E-state index contributed by atoms with van der Waals surface area (Å²) in [6.45, 7) is 2.07. The van der Waals surface area contributed by atoms with E-state index < -0.39 is 5.60 Å². The molecule has 64 valence electrons. The Hall–Kier alpha value is -0.190. The lowest BCUT2D eigenvalue weighted by Gasteiger charge is -2.22. The molecule has 0 radical (unpaired) electrons. The summed E-state index contributed by atoms with van der Waals surface area (Å²) < 4.78 is 0. The second kappa shape index (κ2) is 5.46. The lowest BCUT2D eigenvalue weighted by atomic mass is 9.96. The third kappa shape index (κ3) is 4.29. The molecule has 1 unspecified atom stereocenters. The van der Waals surface area contributed by atoms with Crippen molar-refractivity contribution in [2.75, 3.05) is 5.88 Å². The molecule has 0 aromatic heterocycles. The number of halogens is 1. The molecule has 0 rings (SSSR count). The minimum atomic E-state index is -0.827. The molecule has 0 aromatic rings. The van der Waals surface area contributed by atoms with Crippen molar-refractivity contribution in [3.63, 3.8) is 0 Å². The van der Waals surface area contributed by atoms with Crippen LogP contribution in [-0.2, 0) is 0 Å². The van der Waals surface area contributed by atoms with Gasteiger partial charge in [-0.25, -0.2) is 0 Å². The van der Waals surface area contributed by atoms with E-state index in [1.54, 1.807) is 0 Å². The Morgan fingerprint density at radius 2 is 2.27 bits per heavy atom. The first-order valence-electron chi connectivity index (χ1n) is 3.90. The fourth-order valence-corrected chi connectivity index (χ4v) is 1.13. The summed E-state index contributed by atoms with van der Waals surface area (Å²) in [6.07, 6.45) is 8.19. The molecule has 0 heterocycles. The highest BCUT2D eigenvalue weighted by molar-refractivity contribution is 6.18. The Kier molecular flexibility index (Phi) is 5.36. The Labute approximate surface area is 73.8 Å². The second-order valence-electron chi connectivity index (χ2n) is 2.84. The summed E-state index contributed by atoms with van der Waals surface area (Å²) in [5.41, 5.74) is -0.827. The number of aliphatic hydroxyl groups is 1. The average molecular weight is 175 g/mol. The predicted molar refractivity (Wildman–Crippen MR) is 48.6 cm³/mol. The highest BCUT2D eigenvalue weighted by atomic mass is 35.5. The van der Waals surface area contributed by atoms with Crippen LogP contribution in [0.4, 0.5) is 0 Å². The molecule has 1 nitrogen and oxygen atoms in total. The molecule has 0 aliphatic heterocycles. The van der Waals surface area contributed by atoms with E-state index in [-0.39, 0.29) is 5.88 Å². The molecule has 0 aromatic carbocycles. The molecule has 0 aliphatic rings. The zero-order chi connectivity index (χ0) is 8.74. The van der Waals surface area contributed by atoms with E-state index in [2.05, 4.69) is 12.8 Å².